The van der Waals surface area contributed by atoms with Crippen LogP contribution in [0.4, 0.5) is 0 Å². The Bertz CT molecular complexity index is 930. The van der Waals surface area contributed by atoms with E-state index in [4.69, 9.17) is 9.47 Å². The highest BCUT2D eigenvalue weighted by atomic mass is 16.5. The number of methoxy groups -OCH3 is 1. The Balaban J connectivity index is 1.79. The first-order valence-electron chi connectivity index (χ1n) is 9.69. The van der Waals surface area contributed by atoms with Gasteiger partial charge in [0.15, 0.2) is 0 Å². The van der Waals surface area contributed by atoms with Crippen LogP contribution in [0.25, 0.3) is 5.76 Å². The first kappa shape index (κ1) is 19.2. The summed E-state index contributed by atoms with van der Waals surface area (Å²) < 4.78 is 10.8. The minimum absolute atomic E-state index is 0.0968. The van der Waals surface area contributed by atoms with Crippen LogP contribution < -0.4 is 4.74 Å². The van der Waals surface area contributed by atoms with Crippen LogP contribution in [0.1, 0.15) is 30.0 Å². The van der Waals surface area contributed by atoms with Crippen molar-refractivity contribution < 1.29 is 24.2 Å². The molecule has 0 aliphatic carbocycles. The lowest BCUT2D eigenvalue weighted by Crippen LogP contribution is -2.36. The highest BCUT2D eigenvalue weighted by Gasteiger charge is 2.46. The maximum atomic E-state index is 12.9. The van der Waals surface area contributed by atoms with Crippen LogP contribution in [-0.4, -0.2) is 48.1 Å². The van der Waals surface area contributed by atoms with Gasteiger partial charge in [-0.15, -0.1) is 0 Å². The van der Waals surface area contributed by atoms with Crippen molar-refractivity contribution in [3.63, 3.8) is 0 Å². The molecular weight excluding hydrogens is 370 g/mol. The first-order chi connectivity index (χ1) is 14.1. The van der Waals surface area contributed by atoms with Crippen molar-refractivity contribution in [2.24, 2.45) is 0 Å². The fraction of sp³-hybridized carbons (Fsp3) is 0.304. The lowest BCUT2D eigenvalue weighted by Gasteiger charge is -2.27. The standard InChI is InChI=1S/C23H23NO5/c1-28-17-11-9-16(10-12-17)21(25)19-20(15-6-3-2-4-7-15)24(23(27)22(19)26)14-18-8-5-13-29-18/h2-4,6-7,9-12,18,20,25H,5,8,13-14H2,1H3/b21-19+/t18-,20+/m0/s1. The van der Waals surface area contributed by atoms with E-state index < -0.39 is 17.7 Å². The van der Waals surface area contributed by atoms with Crippen LogP contribution >= 0.6 is 0 Å². The third-order valence-corrected chi connectivity index (χ3v) is 5.44. The van der Waals surface area contributed by atoms with Gasteiger partial charge in [-0.3, -0.25) is 9.59 Å². The van der Waals surface area contributed by atoms with Crippen molar-refractivity contribution in [2.75, 3.05) is 20.3 Å². The predicted octanol–water partition coefficient (Wildman–Crippen LogP) is 3.30. The van der Waals surface area contributed by atoms with E-state index in [1.54, 1.807) is 31.4 Å². The molecule has 2 aliphatic heterocycles. The van der Waals surface area contributed by atoms with Gasteiger partial charge >= 0.3 is 0 Å². The van der Waals surface area contributed by atoms with Gasteiger partial charge in [-0.1, -0.05) is 30.3 Å². The number of benzene rings is 2. The minimum atomic E-state index is -0.676. The van der Waals surface area contributed by atoms with Gasteiger partial charge in [0, 0.05) is 18.7 Å². The molecule has 0 aromatic heterocycles. The number of Topliss-reactive ketones (excluding diaryl/α,β-unsaturated/α-hetero) is 1. The smallest absolute Gasteiger partial charge is 0.295 e. The van der Waals surface area contributed by atoms with E-state index in [-0.39, 0.29) is 17.4 Å². The Morgan fingerprint density at radius 3 is 2.48 bits per heavy atom. The number of carbonyl (C=O) groups is 2. The maximum absolute atomic E-state index is 12.9. The molecule has 29 heavy (non-hydrogen) atoms. The molecule has 0 saturated carbocycles. The average molecular weight is 393 g/mol. The van der Waals surface area contributed by atoms with Crippen LogP contribution in [0, 0.1) is 0 Å². The van der Waals surface area contributed by atoms with Crippen molar-refractivity contribution in [3.05, 3.63) is 71.3 Å². The predicted molar refractivity (Wildman–Crippen MR) is 107 cm³/mol. The van der Waals surface area contributed by atoms with Crippen LogP contribution in [-0.2, 0) is 14.3 Å². The number of amides is 1. The van der Waals surface area contributed by atoms with Gasteiger partial charge in [-0.2, -0.15) is 0 Å². The molecule has 0 radical (unpaired) electrons. The molecule has 2 aromatic carbocycles. The van der Waals surface area contributed by atoms with E-state index in [0.29, 0.717) is 24.5 Å². The zero-order valence-electron chi connectivity index (χ0n) is 16.2. The fourth-order valence-electron chi connectivity index (χ4n) is 3.96. The summed E-state index contributed by atoms with van der Waals surface area (Å²) in [7, 11) is 1.56. The third-order valence-electron chi connectivity index (χ3n) is 5.44. The number of hydrogen-bond acceptors (Lipinski definition) is 5. The number of aliphatic hydroxyl groups is 1. The largest absolute Gasteiger partial charge is 0.507 e. The molecule has 1 amide bonds. The Labute approximate surface area is 169 Å². The summed E-state index contributed by atoms with van der Waals surface area (Å²) in [6, 6.07) is 15.4. The van der Waals surface area contributed by atoms with Crippen LogP contribution in [0.5, 0.6) is 5.75 Å². The molecule has 0 unspecified atom stereocenters. The van der Waals surface area contributed by atoms with Crippen molar-refractivity contribution in [3.8, 4) is 5.75 Å². The normalized spacial score (nSPS) is 23.6. The number of ether oxygens (including phenoxy) is 2. The van der Waals surface area contributed by atoms with E-state index in [1.165, 1.54) is 4.90 Å². The monoisotopic (exact) mass is 393 g/mol. The van der Waals surface area contributed by atoms with Gasteiger partial charge in [0.05, 0.1) is 24.8 Å². The molecule has 4 rings (SSSR count). The molecule has 0 bridgehead atoms. The van der Waals surface area contributed by atoms with E-state index in [0.717, 1.165) is 18.4 Å². The molecular formula is C23H23NO5. The third kappa shape index (κ3) is 3.63. The summed E-state index contributed by atoms with van der Waals surface area (Å²) in [5.74, 6) is -0.829. The van der Waals surface area contributed by atoms with Crippen LogP contribution in [0.2, 0.25) is 0 Å². The molecule has 6 nitrogen and oxygen atoms in total. The molecule has 2 atom stereocenters. The van der Waals surface area contributed by atoms with Crippen molar-refractivity contribution in [1.82, 2.24) is 4.90 Å². The van der Waals surface area contributed by atoms with Gasteiger partial charge in [-0.25, -0.2) is 0 Å². The first-order valence-corrected chi connectivity index (χ1v) is 9.69. The molecule has 2 aliphatic rings. The topological polar surface area (TPSA) is 76.1 Å². The number of hydrogen-bond donors (Lipinski definition) is 1. The lowest BCUT2D eigenvalue weighted by atomic mass is 9.95. The van der Waals surface area contributed by atoms with Gasteiger partial charge in [0.25, 0.3) is 11.7 Å². The molecule has 0 spiro atoms. The summed E-state index contributed by atoms with van der Waals surface area (Å²) in [5, 5.41) is 11.0. The lowest BCUT2D eigenvalue weighted by molar-refractivity contribution is -0.140. The summed E-state index contributed by atoms with van der Waals surface area (Å²) in [5.41, 5.74) is 1.34. The quantitative estimate of drug-likeness (QED) is 0.479. The minimum Gasteiger partial charge on any atom is -0.507 e. The van der Waals surface area contributed by atoms with Gasteiger partial charge in [-0.05, 0) is 42.7 Å². The van der Waals surface area contributed by atoms with Crippen molar-refractivity contribution in [1.29, 1.82) is 0 Å². The Kier molecular flexibility index (Phi) is 5.36. The van der Waals surface area contributed by atoms with Crippen molar-refractivity contribution >= 4 is 17.4 Å². The van der Waals surface area contributed by atoms with E-state index >= 15 is 0 Å². The summed E-state index contributed by atoms with van der Waals surface area (Å²) >= 11 is 0. The summed E-state index contributed by atoms with van der Waals surface area (Å²) in [6.45, 7) is 0.986. The van der Waals surface area contributed by atoms with Gasteiger partial charge in [0.2, 0.25) is 0 Å². The van der Waals surface area contributed by atoms with E-state index in [2.05, 4.69) is 0 Å². The number of aliphatic hydroxyl groups excluding tert-OH is 1. The number of ketones is 1. The zero-order chi connectivity index (χ0) is 20.4. The second kappa shape index (κ2) is 8.09. The second-order valence-electron chi connectivity index (χ2n) is 7.23. The second-order valence-corrected chi connectivity index (χ2v) is 7.23. The molecule has 1 N–H and O–H groups in total. The Morgan fingerprint density at radius 2 is 1.86 bits per heavy atom. The average Bonchev–Trinajstić information content (AvgIpc) is 3.36. The molecule has 2 fully saturated rings. The summed E-state index contributed by atoms with van der Waals surface area (Å²) in [6.07, 6.45) is 1.69. The van der Waals surface area contributed by atoms with Crippen LogP contribution in [0.3, 0.4) is 0 Å². The Morgan fingerprint density at radius 1 is 1.14 bits per heavy atom. The Hall–Kier alpha value is -3.12. The number of carbonyl (C=O) groups excluding carboxylic acids is 2. The fourth-order valence-corrected chi connectivity index (χ4v) is 3.96. The number of nitrogens with zero attached hydrogens (tertiary/aromatic N) is 1. The molecule has 2 aromatic rings. The van der Waals surface area contributed by atoms with E-state index in [1.807, 2.05) is 30.3 Å². The SMILES string of the molecule is COc1ccc(/C(O)=C2\C(=O)C(=O)N(C[C@@H]3CCCO3)[C@@H]2c2ccccc2)cc1. The molecule has 2 heterocycles. The highest BCUT2D eigenvalue weighted by molar-refractivity contribution is 6.46. The van der Waals surface area contributed by atoms with E-state index in [9.17, 15) is 14.7 Å². The van der Waals surface area contributed by atoms with Gasteiger partial charge < -0.3 is 19.5 Å². The van der Waals surface area contributed by atoms with Crippen molar-refractivity contribution in [2.45, 2.75) is 25.0 Å². The molecule has 2 saturated heterocycles. The van der Waals surface area contributed by atoms with Crippen LogP contribution in [0.15, 0.2) is 60.2 Å². The molecule has 6 heteroatoms. The van der Waals surface area contributed by atoms with Gasteiger partial charge in [0.1, 0.15) is 11.5 Å². The maximum Gasteiger partial charge on any atom is 0.295 e. The summed E-state index contributed by atoms with van der Waals surface area (Å²) in [4.78, 5) is 27.3. The zero-order valence-corrected chi connectivity index (χ0v) is 16.2. The molecule has 150 valence electrons. The highest BCUT2D eigenvalue weighted by Crippen LogP contribution is 2.40. The number of likely N-dealkylation sites (tertiary alicyclic amines) is 1. The number of rotatable bonds is 5.